The highest BCUT2D eigenvalue weighted by atomic mass is 32.1. The molecule has 18 heavy (non-hydrogen) atoms. The maximum absolute atomic E-state index is 6.01. The van der Waals surface area contributed by atoms with Crippen LogP contribution in [0.3, 0.4) is 0 Å². The standard InChI is InChI=1S/C15H23NOS/c1-2-4-13(5-3-1)17-11-15-9-8-14(18-15)10-16-12-6-7-12/h8-9,12-13,16H,1-7,10-11H2. The van der Waals surface area contributed by atoms with Crippen molar-refractivity contribution in [2.45, 2.75) is 70.2 Å². The van der Waals surface area contributed by atoms with Gasteiger partial charge in [0.25, 0.3) is 0 Å². The van der Waals surface area contributed by atoms with Crippen LogP contribution in [0.25, 0.3) is 0 Å². The van der Waals surface area contributed by atoms with Gasteiger partial charge in [-0.15, -0.1) is 11.3 Å². The van der Waals surface area contributed by atoms with Crippen molar-refractivity contribution >= 4 is 11.3 Å². The Morgan fingerprint density at radius 2 is 1.83 bits per heavy atom. The van der Waals surface area contributed by atoms with Crippen LogP contribution in [0.1, 0.15) is 54.7 Å². The first-order valence-electron chi connectivity index (χ1n) is 7.33. The highest BCUT2D eigenvalue weighted by molar-refractivity contribution is 7.11. The fourth-order valence-electron chi connectivity index (χ4n) is 2.56. The fraction of sp³-hybridized carbons (Fsp3) is 0.733. The van der Waals surface area contributed by atoms with E-state index in [1.165, 1.54) is 54.7 Å². The van der Waals surface area contributed by atoms with Gasteiger partial charge in [-0.1, -0.05) is 19.3 Å². The second-order valence-electron chi connectivity index (χ2n) is 5.59. The molecule has 1 N–H and O–H groups in total. The van der Waals surface area contributed by atoms with Crippen molar-refractivity contribution in [1.29, 1.82) is 0 Å². The van der Waals surface area contributed by atoms with Crippen LogP contribution < -0.4 is 5.32 Å². The molecule has 0 bridgehead atoms. The van der Waals surface area contributed by atoms with E-state index in [2.05, 4.69) is 17.4 Å². The van der Waals surface area contributed by atoms with E-state index in [1.807, 2.05) is 11.3 Å². The summed E-state index contributed by atoms with van der Waals surface area (Å²) in [5, 5.41) is 3.56. The molecule has 2 aliphatic carbocycles. The molecule has 1 heterocycles. The average Bonchev–Trinajstić information content (AvgIpc) is 3.14. The van der Waals surface area contributed by atoms with Crippen molar-refractivity contribution in [2.75, 3.05) is 0 Å². The molecule has 3 rings (SSSR count). The molecule has 0 atom stereocenters. The summed E-state index contributed by atoms with van der Waals surface area (Å²) >= 11 is 1.90. The first-order valence-corrected chi connectivity index (χ1v) is 8.14. The SMILES string of the molecule is c1cc(COC2CCCCC2)sc1CNC1CC1. The normalized spacial score (nSPS) is 21.3. The molecule has 1 aromatic rings. The molecule has 0 saturated heterocycles. The lowest BCUT2D eigenvalue weighted by Gasteiger charge is -2.21. The van der Waals surface area contributed by atoms with Gasteiger partial charge in [0.15, 0.2) is 0 Å². The van der Waals surface area contributed by atoms with Crippen molar-refractivity contribution in [3.8, 4) is 0 Å². The van der Waals surface area contributed by atoms with Gasteiger partial charge in [0.2, 0.25) is 0 Å². The Morgan fingerprint density at radius 1 is 1.06 bits per heavy atom. The van der Waals surface area contributed by atoms with E-state index in [-0.39, 0.29) is 0 Å². The summed E-state index contributed by atoms with van der Waals surface area (Å²) in [6, 6.07) is 5.28. The van der Waals surface area contributed by atoms with Gasteiger partial charge in [-0.3, -0.25) is 0 Å². The van der Waals surface area contributed by atoms with Crippen LogP contribution in [0.4, 0.5) is 0 Å². The quantitative estimate of drug-likeness (QED) is 0.843. The molecular formula is C15H23NOS. The molecule has 3 heteroatoms. The summed E-state index contributed by atoms with van der Waals surface area (Å²) < 4.78 is 6.01. The summed E-state index contributed by atoms with van der Waals surface area (Å²) in [4.78, 5) is 2.83. The van der Waals surface area contributed by atoms with E-state index in [0.717, 1.165) is 19.2 Å². The van der Waals surface area contributed by atoms with Crippen molar-refractivity contribution in [3.63, 3.8) is 0 Å². The number of thiophene rings is 1. The summed E-state index contributed by atoms with van der Waals surface area (Å²) in [5.74, 6) is 0. The summed E-state index contributed by atoms with van der Waals surface area (Å²) in [7, 11) is 0. The first kappa shape index (κ1) is 12.6. The third-order valence-electron chi connectivity index (χ3n) is 3.87. The Bertz CT molecular complexity index is 366. The van der Waals surface area contributed by atoms with Crippen LogP contribution in [-0.2, 0) is 17.9 Å². The zero-order valence-corrected chi connectivity index (χ0v) is 11.8. The van der Waals surface area contributed by atoms with Crippen molar-refractivity contribution in [3.05, 3.63) is 21.9 Å². The molecule has 0 aromatic carbocycles. The lowest BCUT2D eigenvalue weighted by Crippen LogP contribution is -2.16. The highest BCUT2D eigenvalue weighted by Crippen LogP contribution is 2.24. The average molecular weight is 265 g/mol. The predicted octanol–water partition coefficient (Wildman–Crippen LogP) is 3.85. The van der Waals surface area contributed by atoms with Gasteiger partial charge in [-0.05, 0) is 37.8 Å². The molecule has 2 fully saturated rings. The van der Waals surface area contributed by atoms with Gasteiger partial charge in [0.1, 0.15) is 0 Å². The van der Waals surface area contributed by atoms with Crippen molar-refractivity contribution in [2.24, 2.45) is 0 Å². The second-order valence-corrected chi connectivity index (χ2v) is 6.85. The van der Waals surface area contributed by atoms with Gasteiger partial charge >= 0.3 is 0 Å². The molecule has 0 amide bonds. The first-order chi connectivity index (χ1) is 8.90. The topological polar surface area (TPSA) is 21.3 Å². The van der Waals surface area contributed by atoms with E-state index < -0.39 is 0 Å². The lowest BCUT2D eigenvalue weighted by atomic mass is 9.98. The highest BCUT2D eigenvalue weighted by Gasteiger charge is 2.20. The molecule has 100 valence electrons. The number of rotatable bonds is 6. The Hall–Kier alpha value is -0.380. The molecule has 0 unspecified atom stereocenters. The third-order valence-corrected chi connectivity index (χ3v) is 4.93. The summed E-state index contributed by atoms with van der Waals surface area (Å²) in [6.45, 7) is 1.86. The number of nitrogens with one attached hydrogen (secondary N) is 1. The van der Waals surface area contributed by atoms with Gasteiger partial charge in [-0.2, -0.15) is 0 Å². The summed E-state index contributed by atoms with van der Waals surface area (Å²) in [5.41, 5.74) is 0. The Kier molecular flexibility index (Phi) is 4.34. The molecule has 2 aliphatic rings. The predicted molar refractivity (Wildman–Crippen MR) is 75.8 cm³/mol. The van der Waals surface area contributed by atoms with Gasteiger partial charge < -0.3 is 10.1 Å². The number of hydrogen-bond acceptors (Lipinski definition) is 3. The molecule has 2 saturated carbocycles. The van der Waals surface area contributed by atoms with Crippen LogP contribution in [0.2, 0.25) is 0 Å². The largest absolute Gasteiger partial charge is 0.373 e. The third kappa shape index (κ3) is 3.81. The van der Waals surface area contributed by atoms with Gasteiger partial charge in [-0.25, -0.2) is 0 Å². The zero-order valence-electron chi connectivity index (χ0n) is 11.0. The Morgan fingerprint density at radius 3 is 2.61 bits per heavy atom. The van der Waals surface area contributed by atoms with Gasteiger partial charge in [0, 0.05) is 22.3 Å². The molecule has 2 nitrogen and oxygen atoms in total. The molecular weight excluding hydrogens is 242 g/mol. The second kappa shape index (κ2) is 6.18. The maximum Gasteiger partial charge on any atom is 0.0813 e. The Balaban J connectivity index is 1.41. The zero-order chi connectivity index (χ0) is 12.2. The van der Waals surface area contributed by atoms with E-state index in [1.54, 1.807) is 0 Å². The van der Waals surface area contributed by atoms with E-state index in [9.17, 15) is 0 Å². The van der Waals surface area contributed by atoms with Crippen molar-refractivity contribution < 1.29 is 4.74 Å². The van der Waals surface area contributed by atoms with Crippen LogP contribution in [-0.4, -0.2) is 12.1 Å². The van der Waals surface area contributed by atoms with Crippen LogP contribution in [0.15, 0.2) is 12.1 Å². The van der Waals surface area contributed by atoms with E-state index in [4.69, 9.17) is 4.74 Å². The smallest absolute Gasteiger partial charge is 0.0813 e. The van der Waals surface area contributed by atoms with Crippen molar-refractivity contribution in [1.82, 2.24) is 5.32 Å². The number of hydrogen-bond donors (Lipinski definition) is 1. The molecule has 0 spiro atoms. The Labute approximate surface area is 114 Å². The van der Waals surface area contributed by atoms with Crippen LogP contribution in [0, 0.1) is 0 Å². The molecule has 0 aliphatic heterocycles. The summed E-state index contributed by atoms with van der Waals surface area (Å²) in [6.07, 6.45) is 9.89. The van der Waals surface area contributed by atoms with E-state index >= 15 is 0 Å². The van der Waals surface area contributed by atoms with Crippen LogP contribution in [0.5, 0.6) is 0 Å². The molecule has 0 radical (unpaired) electrons. The molecule has 1 aromatic heterocycles. The van der Waals surface area contributed by atoms with Gasteiger partial charge in [0.05, 0.1) is 12.7 Å². The minimum absolute atomic E-state index is 0.522. The maximum atomic E-state index is 6.01. The lowest BCUT2D eigenvalue weighted by molar-refractivity contribution is 0.0182. The minimum atomic E-state index is 0.522. The number of ether oxygens (including phenoxy) is 1. The monoisotopic (exact) mass is 265 g/mol. The van der Waals surface area contributed by atoms with E-state index in [0.29, 0.717) is 6.10 Å². The fourth-order valence-corrected chi connectivity index (χ4v) is 3.45. The van der Waals surface area contributed by atoms with Crippen LogP contribution >= 0.6 is 11.3 Å². The minimum Gasteiger partial charge on any atom is -0.373 e.